The highest BCUT2D eigenvalue weighted by atomic mass is 16.2. The molecule has 4 aliphatic rings. The molecule has 7 heteroatoms. The minimum Gasteiger partial charge on any atom is -0.337 e. The standard InChI is InChI=1S/C23H32N4O3/c28-21-17-14-26(22(29)15-6-1-2-7-15)13-11-18(17)24-20(25-21)19-10-3-4-12-27(19)23(30)16-8-5-9-16/h15-16,19H,1-14H2,(H,24,25,28)/t19-/m0/s1. The summed E-state index contributed by atoms with van der Waals surface area (Å²) in [4.78, 5) is 50.4. The summed E-state index contributed by atoms with van der Waals surface area (Å²) in [7, 11) is 0. The lowest BCUT2D eigenvalue weighted by Gasteiger charge is -2.39. The molecule has 1 N–H and O–H groups in total. The van der Waals surface area contributed by atoms with Crippen LogP contribution in [0.25, 0.3) is 0 Å². The van der Waals surface area contributed by atoms with Gasteiger partial charge in [-0.25, -0.2) is 4.98 Å². The number of piperidine rings is 1. The smallest absolute Gasteiger partial charge is 0.256 e. The predicted octanol–water partition coefficient (Wildman–Crippen LogP) is 2.70. The van der Waals surface area contributed by atoms with Crippen LogP contribution in [0.4, 0.5) is 0 Å². The fourth-order valence-corrected chi connectivity index (χ4v) is 5.59. The maximum Gasteiger partial charge on any atom is 0.256 e. The summed E-state index contributed by atoms with van der Waals surface area (Å²) in [6.07, 6.45) is 10.9. The van der Waals surface area contributed by atoms with Gasteiger partial charge in [0.25, 0.3) is 5.56 Å². The summed E-state index contributed by atoms with van der Waals surface area (Å²) in [6.45, 7) is 1.75. The molecule has 0 spiro atoms. The first-order chi connectivity index (χ1) is 14.6. The number of fused-ring (bicyclic) bond motifs is 1. The number of carbonyl (C=O) groups excluding carboxylic acids is 2. The molecule has 2 saturated carbocycles. The SMILES string of the molecule is O=C(C1CCCC1)N1CCc2nc([C@@H]3CCCCN3C(=O)C3CCC3)[nH]c(=O)c2C1. The first kappa shape index (κ1) is 19.8. The molecular weight excluding hydrogens is 380 g/mol. The summed E-state index contributed by atoms with van der Waals surface area (Å²) in [5.74, 6) is 1.36. The lowest BCUT2D eigenvalue weighted by atomic mass is 9.83. The Morgan fingerprint density at radius 2 is 1.57 bits per heavy atom. The van der Waals surface area contributed by atoms with E-state index in [1.54, 1.807) is 0 Å². The molecule has 3 heterocycles. The van der Waals surface area contributed by atoms with Crippen LogP contribution in [0, 0.1) is 11.8 Å². The van der Waals surface area contributed by atoms with Gasteiger partial charge in [0, 0.05) is 31.3 Å². The molecule has 7 nitrogen and oxygen atoms in total. The van der Waals surface area contributed by atoms with E-state index in [1.807, 2.05) is 9.80 Å². The maximum atomic E-state index is 13.0. The minimum atomic E-state index is -0.138. The van der Waals surface area contributed by atoms with Crippen molar-refractivity contribution in [1.82, 2.24) is 19.8 Å². The van der Waals surface area contributed by atoms with Gasteiger partial charge in [0.05, 0.1) is 23.8 Å². The Kier molecular flexibility index (Phi) is 5.37. The van der Waals surface area contributed by atoms with E-state index in [1.165, 1.54) is 0 Å². The van der Waals surface area contributed by atoms with E-state index in [4.69, 9.17) is 4.98 Å². The molecule has 30 heavy (non-hydrogen) atoms. The second kappa shape index (κ2) is 8.16. The fraction of sp³-hybridized carbons (Fsp3) is 0.739. The van der Waals surface area contributed by atoms with Crippen LogP contribution in [-0.2, 0) is 22.6 Å². The molecule has 0 radical (unpaired) electrons. The predicted molar refractivity (Wildman–Crippen MR) is 112 cm³/mol. The van der Waals surface area contributed by atoms with Crippen molar-refractivity contribution in [3.63, 3.8) is 0 Å². The first-order valence-electron chi connectivity index (χ1n) is 11.8. The van der Waals surface area contributed by atoms with Gasteiger partial charge in [-0.05, 0) is 44.9 Å². The van der Waals surface area contributed by atoms with Gasteiger partial charge in [0.2, 0.25) is 11.8 Å². The van der Waals surface area contributed by atoms with Gasteiger partial charge in [0.15, 0.2) is 0 Å². The van der Waals surface area contributed by atoms with Crippen LogP contribution >= 0.6 is 0 Å². The van der Waals surface area contributed by atoms with E-state index in [0.29, 0.717) is 30.9 Å². The number of nitrogens with one attached hydrogen (secondary N) is 1. The Bertz CT molecular complexity index is 885. The number of amides is 2. The maximum absolute atomic E-state index is 13.0. The van der Waals surface area contributed by atoms with Crippen LogP contribution in [0.15, 0.2) is 4.79 Å². The number of carbonyl (C=O) groups is 2. The highest BCUT2D eigenvalue weighted by Crippen LogP contribution is 2.35. The van der Waals surface area contributed by atoms with Crippen molar-refractivity contribution < 1.29 is 9.59 Å². The summed E-state index contributed by atoms with van der Waals surface area (Å²) >= 11 is 0. The molecular formula is C23H32N4O3. The van der Waals surface area contributed by atoms with Crippen LogP contribution in [0.2, 0.25) is 0 Å². The van der Waals surface area contributed by atoms with Crippen LogP contribution in [0.1, 0.15) is 87.3 Å². The summed E-state index contributed by atoms with van der Waals surface area (Å²) < 4.78 is 0. The number of rotatable bonds is 3. The molecule has 1 aromatic heterocycles. The van der Waals surface area contributed by atoms with Crippen molar-refractivity contribution in [1.29, 1.82) is 0 Å². The Morgan fingerprint density at radius 1 is 0.867 bits per heavy atom. The lowest BCUT2D eigenvalue weighted by molar-refractivity contribution is -0.142. The van der Waals surface area contributed by atoms with E-state index in [2.05, 4.69) is 4.98 Å². The van der Waals surface area contributed by atoms with Gasteiger partial charge in [0.1, 0.15) is 5.82 Å². The number of H-pyrrole nitrogens is 1. The average molecular weight is 413 g/mol. The second-order valence-electron chi connectivity index (χ2n) is 9.54. The zero-order valence-corrected chi connectivity index (χ0v) is 17.7. The third kappa shape index (κ3) is 3.56. The van der Waals surface area contributed by atoms with E-state index in [-0.39, 0.29) is 35.3 Å². The molecule has 0 unspecified atom stereocenters. The van der Waals surface area contributed by atoms with Crippen molar-refractivity contribution in [3.8, 4) is 0 Å². The van der Waals surface area contributed by atoms with Crippen LogP contribution in [-0.4, -0.2) is 44.7 Å². The van der Waals surface area contributed by atoms with Crippen molar-refractivity contribution >= 4 is 11.8 Å². The van der Waals surface area contributed by atoms with Gasteiger partial charge in [-0.2, -0.15) is 0 Å². The topological polar surface area (TPSA) is 86.4 Å². The van der Waals surface area contributed by atoms with Crippen LogP contribution in [0.5, 0.6) is 0 Å². The van der Waals surface area contributed by atoms with Crippen LogP contribution < -0.4 is 5.56 Å². The third-order valence-electron chi connectivity index (χ3n) is 7.66. The molecule has 1 atom stereocenters. The molecule has 162 valence electrons. The highest BCUT2D eigenvalue weighted by Gasteiger charge is 2.37. The largest absolute Gasteiger partial charge is 0.337 e. The normalized spacial score (nSPS) is 25.1. The first-order valence-corrected chi connectivity index (χ1v) is 11.8. The van der Waals surface area contributed by atoms with Gasteiger partial charge in [-0.15, -0.1) is 0 Å². The average Bonchev–Trinajstić information content (AvgIpc) is 3.26. The number of hydrogen-bond acceptors (Lipinski definition) is 4. The molecule has 0 aromatic carbocycles. The third-order valence-corrected chi connectivity index (χ3v) is 7.66. The number of hydrogen-bond donors (Lipinski definition) is 1. The quantitative estimate of drug-likeness (QED) is 0.827. The van der Waals surface area contributed by atoms with Gasteiger partial charge < -0.3 is 14.8 Å². The molecule has 2 aliphatic carbocycles. The number of likely N-dealkylation sites (tertiary alicyclic amines) is 1. The highest BCUT2D eigenvalue weighted by molar-refractivity contribution is 5.80. The molecule has 5 rings (SSSR count). The Morgan fingerprint density at radius 3 is 2.30 bits per heavy atom. The zero-order valence-electron chi connectivity index (χ0n) is 17.7. The molecule has 1 saturated heterocycles. The van der Waals surface area contributed by atoms with Gasteiger partial charge >= 0.3 is 0 Å². The Balaban J connectivity index is 1.36. The molecule has 2 aliphatic heterocycles. The fourth-order valence-electron chi connectivity index (χ4n) is 5.59. The number of aromatic nitrogens is 2. The van der Waals surface area contributed by atoms with Crippen molar-refractivity contribution in [2.75, 3.05) is 13.1 Å². The van der Waals surface area contributed by atoms with E-state index in [0.717, 1.165) is 76.4 Å². The Hall–Kier alpha value is -2.18. The van der Waals surface area contributed by atoms with Crippen LogP contribution in [0.3, 0.4) is 0 Å². The van der Waals surface area contributed by atoms with Gasteiger partial charge in [-0.1, -0.05) is 19.3 Å². The lowest BCUT2D eigenvalue weighted by Crippen LogP contribution is -2.45. The second-order valence-corrected chi connectivity index (χ2v) is 9.54. The zero-order chi connectivity index (χ0) is 20.7. The van der Waals surface area contributed by atoms with E-state index >= 15 is 0 Å². The molecule has 1 aromatic rings. The molecule has 3 fully saturated rings. The minimum absolute atomic E-state index is 0.122. The number of aromatic amines is 1. The Labute approximate surface area is 177 Å². The van der Waals surface area contributed by atoms with Crippen molar-refractivity contribution in [2.45, 2.75) is 83.2 Å². The van der Waals surface area contributed by atoms with Gasteiger partial charge in [-0.3, -0.25) is 14.4 Å². The van der Waals surface area contributed by atoms with E-state index < -0.39 is 0 Å². The van der Waals surface area contributed by atoms with E-state index in [9.17, 15) is 14.4 Å². The van der Waals surface area contributed by atoms with Crippen molar-refractivity contribution in [3.05, 3.63) is 27.4 Å². The summed E-state index contributed by atoms with van der Waals surface area (Å²) in [5, 5.41) is 0. The monoisotopic (exact) mass is 412 g/mol. The molecule has 0 bridgehead atoms. The number of nitrogens with zero attached hydrogens (tertiary/aromatic N) is 3. The summed E-state index contributed by atoms with van der Waals surface area (Å²) in [5.41, 5.74) is 1.30. The summed E-state index contributed by atoms with van der Waals surface area (Å²) in [6, 6.07) is -0.122. The van der Waals surface area contributed by atoms with Crippen molar-refractivity contribution in [2.24, 2.45) is 11.8 Å². The molecule has 2 amide bonds.